The average molecular weight is 302 g/mol. The lowest BCUT2D eigenvalue weighted by molar-refractivity contribution is -0.158. The van der Waals surface area contributed by atoms with Gasteiger partial charge in [0.15, 0.2) is 0 Å². The van der Waals surface area contributed by atoms with Crippen LogP contribution in [0.4, 0.5) is 0 Å². The fourth-order valence-corrected chi connectivity index (χ4v) is 2.28. The van der Waals surface area contributed by atoms with Crippen molar-refractivity contribution >= 4 is 11.8 Å². The van der Waals surface area contributed by atoms with Gasteiger partial charge in [0.05, 0.1) is 6.61 Å². The van der Waals surface area contributed by atoms with Gasteiger partial charge < -0.3 is 9.47 Å². The lowest BCUT2D eigenvalue weighted by Crippen LogP contribution is -2.36. The van der Waals surface area contributed by atoms with Gasteiger partial charge in [-0.1, -0.05) is 42.5 Å². The van der Waals surface area contributed by atoms with Crippen molar-refractivity contribution in [3.63, 3.8) is 0 Å². The van der Waals surface area contributed by atoms with E-state index in [4.69, 9.17) is 9.47 Å². The minimum Gasteiger partial charge on any atom is -0.465 e. The number of hydrogen-bond donors (Lipinski definition) is 0. The Balaban J connectivity index is 1.94. The maximum absolute atomic E-state index is 12.0. The summed E-state index contributed by atoms with van der Waals surface area (Å²) in [7, 11) is 0. The number of ketones is 1. The summed E-state index contributed by atoms with van der Waals surface area (Å²) in [5.74, 6) is -0.657. The van der Waals surface area contributed by atoms with Crippen LogP contribution in [0.2, 0.25) is 0 Å². The summed E-state index contributed by atoms with van der Waals surface area (Å²) >= 11 is 0. The molecular weight excluding hydrogens is 280 g/mol. The zero-order valence-corrected chi connectivity index (χ0v) is 13.2. The van der Waals surface area contributed by atoms with Crippen molar-refractivity contribution in [2.24, 2.45) is 5.41 Å². The van der Waals surface area contributed by atoms with Crippen molar-refractivity contribution in [2.75, 3.05) is 6.61 Å². The predicted octanol–water partition coefficient (Wildman–Crippen LogP) is 3.23. The first-order valence-corrected chi connectivity index (χ1v) is 7.54. The van der Waals surface area contributed by atoms with E-state index < -0.39 is 11.4 Å². The molecule has 4 heteroatoms. The Bertz CT molecular complexity index is 564. The maximum Gasteiger partial charge on any atom is 0.319 e. The third-order valence-electron chi connectivity index (χ3n) is 4.01. The molecule has 3 unspecified atom stereocenters. The highest BCUT2D eigenvalue weighted by molar-refractivity contribution is 6.02. The van der Waals surface area contributed by atoms with Crippen LogP contribution in [0.1, 0.15) is 38.9 Å². The molecule has 0 aromatic heterocycles. The summed E-state index contributed by atoms with van der Waals surface area (Å²) in [5.41, 5.74) is 0.0146. The Morgan fingerprint density at radius 1 is 1.32 bits per heavy atom. The molecule has 0 aliphatic carbocycles. The standard InChI is InChI=1S/C18H22O4/c1-4-21-17(20)18(3,13(2)19)12-8-11-15-16(22-15)14-9-6-5-7-10-14/h5-11,15-16H,4,12H2,1-3H3/b11-8+. The van der Waals surface area contributed by atoms with Gasteiger partial charge >= 0.3 is 5.97 Å². The summed E-state index contributed by atoms with van der Waals surface area (Å²) in [6.07, 6.45) is 4.16. The van der Waals surface area contributed by atoms with Gasteiger partial charge in [0, 0.05) is 0 Å². The summed E-state index contributed by atoms with van der Waals surface area (Å²) in [6, 6.07) is 9.97. The van der Waals surface area contributed by atoms with Crippen molar-refractivity contribution in [1.29, 1.82) is 0 Å². The SMILES string of the molecule is CCOC(=O)C(C)(C/C=C/C1OC1c1ccccc1)C(C)=O. The van der Waals surface area contributed by atoms with Crippen molar-refractivity contribution in [2.45, 2.75) is 39.4 Å². The summed E-state index contributed by atoms with van der Waals surface area (Å²) < 4.78 is 10.6. The van der Waals surface area contributed by atoms with Gasteiger partial charge in [-0.15, -0.1) is 0 Å². The van der Waals surface area contributed by atoms with E-state index in [2.05, 4.69) is 0 Å². The smallest absolute Gasteiger partial charge is 0.319 e. The molecule has 0 spiro atoms. The third-order valence-corrected chi connectivity index (χ3v) is 4.01. The van der Waals surface area contributed by atoms with E-state index in [0.717, 1.165) is 5.56 Å². The zero-order valence-electron chi connectivity index (χ0n) is 13.2. The highest BCUT2D eigenvalue weighted by atomic mass is 16.6. The van der Waals surface area contributed by atoms with Gasteiger partial charge in [-0.2, -0.15) is 0 Å². The number of allylic oxidation sites excluding steroid dienone is 1. The molecule has 1 saturated heterocycles. The molecule has 1 aromatic rings. The number of carbonyl (C=O) groups excluding carboxylic acids is 2. The predicted molar refractivity (Wildman–Crippen MR) is 83.2 cm³/mol. The first kappa shape index (κ1) is 16.4. The Morgan fingerprint density at radius 3 is 2.59 bits per heavy atom. The second kappa shape index (κ2) is 6.88. The molecule has 1 fully saturated rings. The number of hydrogen-bond acceptors (Lipinski definition) is 4. The minimum atomic E-state index is -1.12. The largest absolute Gasteiger partial charge is 0.465 e. The molecule has 4 nitrogen and oxygen atoms in total. The second-order valence-electron chi connectivity index (χ2n) is 5.67. The second-order valence-corrected chi connectivity index (χ2v) is 5.67. The molecule has 1 aliphatic heterocycles. The average Bonchev–Trinajstić information content (AvgIpc) is 3.27. The highest BCUT2D eigenvalue weighted by Gasteiger charge is 2.40. The van der Waals surface area contributed by atoms with Crippen LogP contribution >= 0.6 is 0 Å². The van der Waals surface area contributed by atoms with Gasteiger partial charge in [0.25, 0.3) is 0 Å². The van der Waals surface area contributed by atoms with Gasteiger partial charge in [-0.3, -0.25) is 9.59 Å². The lowest BCUT2D eigenvalue weighted by Gasteiger charge is -2.22. The van der Waals surface area contributed by atoms with Crippen LogP contribution in [0.25, 0.3) is 0 Å². The Labute approximate surface area is 131 Å². The van der Waals surface area contributed by atoms with Gasteiger partial charge in [-0.25, -0.2) is 0 Å². The lowest BCUT2D eigenvalue weighted by atomic mass is 9.82. The number of epoxide rings is 1. The molecule has 0 saturated carbocycles. The van der Waals surface area contributed by atoms with Crippen LogP contribution in [0.5, 0.6) is 0 Å². The van der Waals surface area contributed by atoms with E-state index in [-0.39, 0.29) is 24.6 Å². The number of ether oxygens (including phenoxy) is 2. The molecule has 2 rings (SSSR count). The van der Waals surface area contributed by atoms with Crippen LogP contribution in [-0.2, 0) is 19.1 Å². The molecule has 1 aromatic carbocycles. The van der Waals surface area contributed by atoms with Gasteiger partial charge in [0.1, 0.15) is 23.4 Å². The molecular formula is C18H22O4. The molecule has 0 radical (unpaired) electrons. The first-order valence-electron chi connectivity index (χ1n) is 7.54. The Morgan fingerprint density at radius 2 is 2.00 bits per heavy atom. The van der Waals surface area contributed by atoms with Gasteiger partial charge in [-0.05, 0) is 32.8 Å². The van der Waals surface area contributed by atoms with Gasteiger partial charge in [0.2, 0.25) is 0 Å². The van der Waals surface area contributed by atoms with Crippen LogP contribution in [-0.4, -0.2) is 24.5 Å². The Kier molecular flexibility index (Phi) is 5.14. The van der Waals surface area contributed by atoms with E-state index in [1.807, 2.05) is 42.5 Å². The minimum absolute atomic E-state index is 0.0146. The molecule has 0 N–H and O–H groups in total. The highest BCUT2D eigenvalue weighted by Crippen LogP contribution is 2.39. The summed E-state index contributed by atoms with van der Waals surface area (Å²) in [5, 5.41) is 0. The fraction of sp³-hybridized carbons (Fsp3) is 0.444. The quantitative estimate of drug-likeness (QED) is 0.336. The first-order chi connectivity index (χ1) is 10.5. The molecule has 0 amide bonds. The van der Waals surface area contributed by atoms with Crippen molar-refractivity contribution < 1.29 is 19.1 Å². The third kappa shape index (κ3) is 3.63. The van der Waals surface area contributed by atoms with E-state index in [1.165, 1.54) is 6.92 Å². The van der Waals surface area contributed by atoms with Crippen LogP contribution in [0.15, 0.2) is 42.5 Å². The fourth-order valence-electron chi connectivity index (χ4n) is 2.28. The van der Waals surface area contributed by atoms with Crippen LogP contribution in [0, 0.1) is 5.41 Å². The molecule has 118 valence electrons. The van der Waals surface area contributed by atoms with E-state index in [0.29, 0.717) is 6.42 Å². The number of benzene rings is 1. The van der Waals surface area contributed by atoms with E-state index in [9.17, 15) is 9.59 Å². The Hall–Kier alpha value is -1.94. The van der Waals surface area contributed by atoms with Crippen molar-refractivity contribution in [3.05, 3.63) is 48.0 Å². The van der Waals surface area contributed by atoms with Crippen LogP contribution in [0.3, 0.4) is 0 Å². The maximum atomic E-state index is 12.0. The van der Waals surface area contributed by atoms with Crippen molar-refractivity contribution in [3.8, 4) is 0 Å². The monoisotopic (exact) mass is 302 g/mol. The van der Waals surface area contributed by atoms with Crippen molar-refractivity contribution in [1.82, 2.24) is 0 Å². The molecule has 3 atom stereocenters. The van der Waals surface area contributed by atoms with E-state index >= 15 is 0 Å². The summed E-state index contributed by atoms with van der Waals surface area (Å²) in [6.45, 7) is 5.05. The molecule has 0 bridgehead atoms. The number of carbonyl (C=O) groups is 2. The summed E-state index contributed by atoms with van der Waals surface area (Å²) in [4.78, 5) is 23.8. The molecule has 1 heterocycles. The van der Waals surface area contributed by atoms with E-state index in [1.54, 1.807) is 13.8 Å². The topological polar surface area (TPSA) is 55.9 Å². The molecule has 22 heavy (non-hydrogen) atoms. The number of esters is 1. The van der Waals surface area contributed by atoms with Crippen LogP contribution < -0.4 is 0 Å². The number of rotatable bonds is 7. The number of Topliss-reactive ketones (excluding diaryl/α,β-unsaturated/α-hetero) is 1. The zero-order chi connectivity index (χ0) is 16.2. The normalized spacial score (nSPS) is 23.0. The molecule has 1 aliphatic rings.